The Morgan fingerprint density at radius 3 is 2.06 bits per heavy atom. The molecule has 0 heterocycles. The molecule has 12 heteroatoms. The zero-order valence-corrected chi connectivity index (χ0v) is 26.3. The van der Waals surface area contributed by atoms with Gasteiger partial charge in [-0.15, -0.1) is 0 Å². The van der Waals surface area contributed by atoms with E-state index in [1.54, 1.807) is 48.5 Å². The van der Waals surface area contributed by atoms with E-state index < -0.39 is 11.9 Å². The lowest BCUT2D eigenvalue weighted by Crippen LogP contribution is -2.24. The van der Waals surface area contributed by atoms with Gasteiger partial charge in [0, 0.05) is 19.0 Å². The van der Waals surface area contributed by atoms with Gasteiger partial charge in [-0.3, -0.25) is 4.79 Å². The average molecular weight is 848 g/mol. The van der Waals surface area contributed by atoms with Gasteiger partial charge in [-0.25, -0.2) is 10.2 Å². The number of carbonyl (C=O) groups is 2. The summed E-state index contributed by atoms with van der Waals surface area (Å²) in [5.74, 6) is -0.285. The predicted octanol–water partition coefficient (Wildman–Crippen LogP) is 8.01. The number of hydrogen-bond acceptors (Lipinski definition) is 5. The van der Waals surface area contributed by atoms with Gasteiger partial charge < -0.3 is 9.47 Å². The van der Waals surface area contributed by atoms with Crippen molar-refractivity contribution in [3.8, 4) is 11.5 Å². The molecule has 0 unspecified atom stereocenters. The number of halogens is 6. The van der Waals surface area contributed by atoms with Gasteiger partial charge in [0.15, 0.2) is 12.4 Å². The maximum absolute atomic E-state index is 12.7. The smallest absolute Gasteiger partial charge is 0.344 e. The molecule has 0 radical (unpaired) electrons. The second-order valence-electron chi connectivity index (χ2n) is 6.46. The summed E-state index contributed by atoms with van der Waals surface area (Å²) in [7, 11) is 0. The molecule has 3 aromatic rings. The van der Waals surface area contributed by atoms with Crippen molar-refractivity contribution in [2.45, 2.75) is 0 Å². The van der Waals surface area contributed by atoms with Gasteiger partial charge >= 0.3 is 5.97 Å². The molecule has 34 heavy (non-hydrogen) atoms. The summed E-state index contributed by atoms with van der Waals surface area (Å²) in [6.45, 7) is -0.262. The van der Waals surface area contributed by atoms with E-state index in [1.165, 1.54) is 6.21 Å². The Morgan fingerprint density at radius 2 is 1.41 bits per heavy atom. The van der Waals surface area contributed by atoms with Crippen molar-refractivity contribution in [2.75, 3.05) is 6.61 Å². The first-order chi connectivity index (χ1) is 16.2. The third-order valence-corrected chi connectivity index (χ3v) is 7.40. The van der Waals surface area contributed by atoms with Crippen LogP contribution in [0.1, 0.15) is 15.9 Å². The van der Waals surface area contributed by atoms with E-state index in [-0.39, 0.29) is 12.4 Å². The first-order valence-electron chi connectivity index (χ1n) is 9.20. The molecular weight excluding hydrogens is 836 g/mol. The van der Waals surface area contributed by atoms with Gasteiger partial charge in [-0.2, -0.15) is 5.10 Å². The van der Waals surface area contributed by atoms with Crippen molar-refractivity contribution in [1.82, 2.24) is 5.43 Å². The molecule has 0 aliphatic rings. The van der Waals surface area contributed by atoms with Crippen LogP contribution in [-0.2, 0) is 4.79 Å². The largest absolute Gasteiger partial charge is 0.481 e. The first kappa shape index (κ1) is 27.5. The van der Waals surface area contributed by atoms with Crippen LogP contribution in [0.3, 0.4) is 0 Å². The highest BCUT2D eigenvalue weighted by atomic mass is 79.9. The van der Waals surface area contributed by atoms with Crippen LogP contribution in [0.15, 0.2) is 80.5 Å². The average Bonchev–Trinajstić information content (AvgIpc) is 2.75. The lowest BCUT2D eigenvalue weighted by Gasteiger charge is -2.11. The fourth-order valence-corrected chi connectivity index (χ4v) is 6.84. The number of nitrogens with one attached hydrogen (secondary N) is 1. The van der Waals surface area contributed by atoms with Crippen molar-refractivity contribution in [3.63, 3.8) is 0 Å². The van der Waals surface area contributed by atoms with Crippen LogP contribution in [0.2, 0.25) is 0 Å². The molecule has 0 aliphatic carbocycles. The maximum atomic E-state index is 12.7. The van der Waals surface area contributed by atoms with E-state index in [9.17, 15) is 9.59 Å². The lowest BCUT2D eigenvalue weighted by molar-refractivity contribution is -0.123. The van der Waals surface area contributed by atoms with E-state index >= 15 is 0 Å². The van der Waals surface area contributed by atoms with Crippen LogP contribution in [-0.4, -0.2) is 24.7 Å². The summed E-state index contributed by atoms with van der Waals surface area (Å²) in [4.78, 5) is 24.9. The number of ether oxygens (including phenoxy) is 2. The van der Waals surface area contributed by atoms with Gasteiger partial charge in [0.05, 0.1) is 25.2 Å². The van der Waals surface area contributed by atoms with Crippen LogP contribution >= 0.6 is 95.6 Å². The number of nitrogens with zero attached hydrogens (tertiary/aromatic N) is 1. The third kappa shape index (κ3) is 7.47. The highest BCUT2D eigenvalue weighted by molar-refractivity contribution is 9.12. The second-order valence-corrected chi connectivity index (χ2v) is 11.7. The van der Waals surface area contributed by atoms with Gasteiger partial charge in [0.2, 0.25) is 0 Å². The Kier molecular flexibility index (Phi) is 10.3. The molecule has 1 N–H and O–H groups in total. The van der Waals surface area contributed by atoms with Crippen LogP contribution in [0.4, 0.5) is 0 Å². The Labute approximate surface area is 245 Å². The molecule has 6 nitrogen and oxygen atoms in total. The minimum atomic E-state index is -0.548. The SMILES string of the molecule is O=C(COc1c(Br)cc(Br)cc1Br)N/N=C/c1cc(Br)cc(Br)c1OC(=O)c1ccccc1Br. The number of amides is 1. The van der Waals surface area contributed by atoms with Crippen molar-refractivity contribution < 1.29 is 19.1 Å². The van der Waals surface area contributed by atoms with Gasteiger partial charge in [-0.05, 0) is 100 Å². The molecule has 0 saturated carbocycles. The summed E-state index contributed by atoms with van der Waals surface area (Å²) in [6.07, 6.45) is 1.38. The molecule has 1 amide bonds. The summed E-state index contributed by atoms with van der Waals surface area (Å²) < 4.78 is 15.3. The van der Waals surface area contributed by atoms with Gasteiger partial charge in [-0.1, -0.05) is 44.0 Å². The Morgan fingerprint density at radius 1 is 0.824 bits per heavy atom. The topological polar surface area (TPSA) is 77.0 Å². The van der Waals surface area contributed by atoms with Crippen LogP contribution in [0.25, 0.3) is 0 Å². The molecule has 0 fully saturated rings. The maximum Gasteiger partial charge on any atom is 0.344 e. The van der Waals surface area contributed by atoms with E-state index in [0.717, 1.165) is 8.95 Å². The van der Waals surface area contributed by atoms with Crippen molar-refractivity contribution in [2.24, 2.45) is 5.10 Å². The molecule has 176 valence electrons. The molecule has 0 atom stereocenters. The molecule has 0 aliphatic heterocycles. The molecule has 0 aromatic heterocycles. The van der Waals surface area contributed by atoms with E-state index in [0.29, 0.717) is 34.8 Å². The van der Waals surface area contributed by atoms with E-state index in [2.05, 4.69) is 106 Å². The fraction of sp³-hybridized carbons (Fsp3) is 0.0455. The normalized spacial score (nSPS) is 10.9. The quantitative estimate of drug-likeness (QED) is 0.113. The highest BCUT2D eigenvalue weighted by Gasteiger charge is 2.17. The number of hydrazone groups is 1. The van der Waals surface area contributed by atoms with Crippen LogP contribution in [0.5, 0.6) is 11.5 Å². The Bertz CT molecular complexity index is 1260. The van der Waals surface area contributed by atoms with Gasteiger partial charge in [0.25, 0.3) is 5.91 Å². The van der Waals surface area contributed by atoms with Crippen molar-refractivity contribution in [1.29, 1.82) is 0 Å². The second kappa shape index (κ2) is 12.8. The molecular formula is C22H12Br6N2O4. The molecule has 0 bridgehead atoms. The van der Waals surface area contributed by atoms with Crippen LogP contribution < -0.4 is 14.9 Å². The number of rotatable bonds is 7. The number of carbonyl (C=O) groups excluding carboxylic acids is 2. The molecule has 3 rings (SSSR count). The number of esters is 1. The molecule has 0 saturated heterocycles. The number of benzene rings is 3. The standard InChI is InChI=1S/C22H12Br6N2O4/c23-12-5-11(20(16(26)6-12)34-22(32)14-3-1-2-4-15(14)25)9-29-30-19(31)10-33-21-17(27)7-13(24)8-18(21)28/h1-9H,10H2,(H,30,31)/b29-9+. The number of hydrogen-bond donors (Lipinski definition) is 1. The summed E-state index contributed by atoms with van der Waals surface area (Å²) in [6, 6.07) is 14.0. The Hall–Kier alpha value is -1.05. The third-order valence-electron chi connectivity index (χ3n) is 4.03. The lowest BCUT2D eigenvalue weighted by atomic mass is 10.2. The minimum Gasteiger partial charge on any atom is -0.481 e. The van der Waals surface area contributed by atoms with Crippen molar-refractivity contribution >= 4 is 114 Å². The van der Waals surface area contributed by atoms with Crippen molar-refractivity contribution in [3.05, 3.63) is 86.5 Å². The molecule has 3 aromatic carbocycles. The summed E-state index contributed by atoms with van der Waals surface area (Å²) >= 11 is 20.3. The minimum absolute atomic E-state index is 0.251. The van der Waals surface area contributed by atoms with Gasteiger partial charge in [0.1, 0.15) is 5.75 Å². The summed E-state index contributed by atoms with van der Waals surface area (Å²) in [5.41, 5.74) is 3.23. The zero-order chi connectivity index (χ0) is 24.8. The van der Waals surface area contributed by atoms with Crippen LogP contribution in [0, 0.1) is 0 Å². The highest BCUT2D eigenvalue weighted by Crippen LogP contribution is 2.36. The summed E-state index contributed by atoms with van der Waals surface area (Å²) in [5, 5.41) is 3.98. The monoisotopic (exact) mass is 842 g/mol. The zero-order valence-electron chi connectivity index (χ0n) is 16.8. The fourth-order valence-electron chi connectivity index (χ4n) is 2.57. The Balaban J connectivity index is 1.70. The molecule has 0 spiro atoms. The first-order valence-corrected chi connectivity index (χ1v) is 14.0. The van der Waals surface area contributed by atoms with E-state index in [4.69, 9.17) is 9.47 Å². The van der Waals surface area contributed by atoms with E-state index in [1.807, 2.05) is 0 Å². The predicted molar refractivity (Wildman–Crippen MR) is 152 cm³/mol.